The Morgan fingerprint density at radius 2 is 1.06 bits per heavy atom. The van der Waals surface area contributed by atoms with E-state index in [-0.39, 0.29) is 19.4 Å². The lowest BCUT2D eigenvalue weighted by molar-refractivity contribution is -0.297. The molecule has 1 rings (SSSR count). The van der Waals surface area contributed by atoms with Gasteiger partial charge in [-0.2, -0.15) is 8.42 Å². The Labute approximate surface area is 326 Å². The van der Waals surface area contributed by atoms with Crippen LogP contribution in [0, 0.1) is 0 Å². The molecule has 1 heterocycles. The number of carbonyl (C=O) groups excluding carboxylic acids is 2. The molecule has 54 heavy (non-hydrogen) atoms. The van der Waals surface area contributed by atoms with E-state index in [1.165, 1.54) is 70.6 Å². The van der Waals surface area contributed by atoms with Crippen LogP contribution in [0.4, 0.5) is 0 Å². The molecule has 1 aliphatic rings. The first-order chi connectivity index (χ1) is 26.0. The van der Waals surface area contributed by atoms with Gasteiger partial charge in [-0.1, -0.05) is 128 Å². The van der Waals surface area contributed by atoms with Crippen molar-refractivity contribution in [2.24, 2.45) is 0 Å². The minimum absolute atomic E-state index is 0.154. The van der Waals surface area contributed by atoms with Crippen LogP contribution < -0.4 is 0 Å². The van der Waals surface area contributed by atoms with Crippen molar-refractivity contribution in [2.75, 3.05) is 19.0 Å². The predicted molar refractivity (Wildman–Crippen MR) is 210 cm³/mol. The Morgan fingerprint density at radius 1 is 0.611 bits per heavy atom. The molecular formula is C41H74O12S. The molecule has 316 valence electrons. The van der Waals surface area contributed by atoms with Crippen LogP contribution in [-0.4, -0.2) is 96.0 Å². The van der Waals surface area contributed by atoms with Crippen molar-refractivity contribution in [3.05, 3.63) is 24.3 Å². The maximum Gasteiger partial charge on any atom is 0.306 e. The maximum atomic E-state index is 12.7. The van der Waals surface area contributed by atoms with E-state index in [1.807, 2.05) is 0 Å². The summed E-state index contributed by atoms with van der Waals surface area (Å²) in [6.07, 6.45) is 23.8. The van der Waals surface area contributed by atoms with Crippen LogP contribution in [0.25, 0.3) is 0 Å². The maximum absolute atomic E-state index is 12.7. The molecule has 0 spiro atoms. The first-order valence-electron chi connectivity index (χ1n) is 20.9. The third-order valence-electron chi connectivity index (χ3n) is 9.50. The second kappa shape index (κ2) is 32.2. The number of esters is 2. The fourth-order valence-electron chi connectivity index (χ4n) is 6.17. The Balaban J connectivity index is 2.48. The molecule has 0 aromatic carbocycles. The van der Waals surface area contributed by atoms with Gasteiger partial charge in [-0.15, -0.1) is 0 Å². The van der Waals surface area contributed by atoms with Crippen LogP contribution >= 0.6 is 0 Å². The molecule has 6 atom stereocenters. The van der Waals surface area contributed by atoms with Gasteiger partial charge in [0.15, 0.2) is 12.4 Å². The molecular weight excluding hydrogens is 717 g/mol. The summed E-state index contributed by atoms with van der Waals surface area (Å²) < 4.78 is 53.9. The molecule has 0 radical (unpaired) electrons. The second-order valence-electron chi connectivity index (χ2n) is 14.6. The number of unbranched alkanes of at least 4 members (excludes halogenated alkanes) is 18. The molecule has 13 heteroatoms. The molecule has 2 unspecified atom stereocenters. The number of rotatable bonds is 34. The Morgan fingerprint density at radius 3 is 1.54 bits per heavy atom. The molecule has 1 saturated heterocycles. The summed E-state index contributed by atoms with van der Waals surface area (Å²) in [5.41, 5.74) is 0. The van der Waals surface area contributed by atoms with Gasteiger partial charge in [0, 0.05) is 12.8 Å². The van der Waals surface area contributed by atoms with E-state index in [4.69, 9.17) is 18.9 Å². The number of hydrogen-bond donors (Lipinski definition) is 4. The van der Waals surface area contributed by atoms with Crippen LogP contribution in [0.1, 0.15) is 168 Å². The lowest BCUT2D eigenvalue weighted by Crippen LogP contribution is -2.60. The van der Waals surface area contributed by atoms with Crippen molar-refractivity contribution in [3.63, 3.8) is 0 Å². The van der Waals surface area contributed by atoms with E-state index in [0.29, 0.717) is 12.8 Å². The highest BCUT2D eigenvalue weighted by atomic mass is 32.2. The number of aliphatic hydroxyl groups is 3. The summed E-state index contributed by atoms with van der Waals surface area (Å²) in [5, 5.41) is 30.8. The van der Waals surface area contributed by atoms with Crippen molar-refractivity contribution in [3.8, 4) is 0 Å². The molecule has 0 aromatic rings. The zero-order valence-electron chi connectivity index (χ0n) is 33.3. The molecule has 0 amide bonds. The predicted octanol–water partition coefficient (Wildman–Crippen LogP) is 7.67. The lowest BCUT2D eigenvalue weighted by Gasteiger charge is -2.40. The highest BCUT2D eigenvalue weighted by Gasteiger charge is 2.46. The number of carbonyl (C=O) groups is 2. The van der Waals surface area contributed by atoms with Gasteiger partial charge in [0.2, 0.25) is 0 Å². The van der Waals surface area contributed by atoms with Gasteiger partial charge in [0.05, 0.1) is 6.61 Å². The zero-order chi connectivity index (χ0) is 39.9. The van der Waals surface area contributed by atoms with Crippen LogP contribution in [-0.2, 0) is 38.7 Å². The third kappa shape index (κ3) is 26.9. The summed E-state index contributed by atoms with van der Waals surface area (Å²) in [4.78, 5) is 25.3. The smallest absolute Gasteiger partial charge is 0.306 e. The number of hydrogen-bond acceptors (Lipinski definition) is 11. The van der Waals surface area contributed by atoms with E-state index in [0.717, 1.165) is 57.8 Å². The molecule has 12 nitrogen and oxygen atoms in total. The van der Waals surface area contributed by atoms with E-state index < -0.39 is 71.2 Å². The number of aliphatic hydroxyl groups excluding tert-OH is 3. The summed E-state index contributed by atoms with van der Waals surface area (Å²) in [5.74, 6) is -2.00. The van der Waals surface area contributed by atoms with Gasteiger partial charge in [0.1, 0.15) is 36.8 Å². The van der Waals surface area contributed by atoms with E-state index in [9.17, 15) is 37.9 Å². The fraction of sp³-hybridized carbons (Fsp3) is 0.854. The van der Waals surface area contributed by atoms with Gasteiger partial charge in [-0.05, 0) is 51.4 Å². The van der Waals surface area contributed by atoms with Gasteiger partial charge < -0.3 is 34.3 Å². The van der Waals surface area contributed by atoms with Crippen LogP contribution in [0.5, 0.6) is 0 Å². The van der Waals surface area contributed by atoms with Crippen LogP contribution in [0.2, 0.25) is 0 Å². The minimum Gasteiger partial charge on any atom is -0.462 e. The quantitative estimate of drug-likeness (QED) is 0.0216. The van der Waals surface area contributed by atoms with Crippen molar-refractivity contribution >= 4 is 22.1 Å². The van der Waals surface area contributed by atoms with Gasteiger partial charge in [-0.25, -0.2) is 0 Å². The summed E-state index contributed by atoms with van der Waals surface area (Å²) in [7, 11) is -4.60. The molecule has 0 bridgehead atoms. The van der Waals surface area contributed by atoms with E-state index in [2.05, 4.69) is 38.2 Å². The summed E-state index contributed by atoms with van der Waals surface area (Å²) in [6, 6.07) is 0. The highest BCUT2D eigenvalue weighted by molar-refractivity contribution is 7.85. The molecule has 0 saturated carbocycles. The monoisotopic (exact) mass is 790 g/mol. The second-order valence-corrected chi connectivity index (χ2v) is 16.1. The highest BCUT2D eigenvalue weighted by Crippen LogP contribution is 2.24. The van der Waals surface area contributed by atoms with Gasteiger partial charge >= 0.3 is 11.9 Å². The van der Waals surface area contributed by atoms with Crippen molar-refractivity contribution in [1.29, 1.82) is 0 Å². The third-order valence-corrected chi connectivity index (χ3v) is 10.3. The summed E-state index contributed by atoms with van der Waals surface area (Å²) >= 11 is 0. The van der Waals surface area contributed by atoms with Gasteiger partial charge in [0.25, 0.3) is 10.1 Å². The topological polar surface area (TPSA) is 186 Å². The number of ether oxygens (including phenoxy) is 4. The van der Waals surface area contributed by atoms with Crippen LogP contribution in [0.3, 0.4) is 0 Å². The lowest BCUT2D eigenvalue weighted by atomic mass is 10.00. The van der Waals surface area contributed by atoms with E-state index >= 15 is 0 Å². The van der Waals surface area contributed by atoms with Crippen molar-refractivity contribution in [2.45, 2.75) is 205 Å². The normalized spacial score (nSPS) is 21.2. The minimum atomic E-state index is -4.60. The molecule has 0 aliphatic carbocycles. The summed E-state index contributed by atoms with van der Waals surface area (Å²) in [6.45, 7) is 3.66. The Hall–Kier alpha value is -1.87. The first-order valence-corrected chi connectivity index (χ1v) is 22.5. The molecule has 1 fully saturated rings. The Bertz CT molecular complexity index is 1110. The van der Waals surface area contributed by atoms with Crippen LogP contribution in [0.15, 0.2) is 24.3 Å². The molecule has 1 aliphatic heterocycles. The van der Waals surface area contributed by atoms with Crippen molar-refractivity contribution in [1.82, 2.24) is 0 Å². The standard InChI is InChI=1S/C41H74O12S/c1-3-5-7-9-11-13-15-16-17-18-20-21-23-25-27-29-36(42)50-31-34(52-37(43)30-28-26-24-22-19-14-12-10-8-6-4-2)32-51-41-40(46)39(45)38(44)35(53-41)33-54(47,48)49/h9-12,34-35,38-41,44-46H,3-8,13-33H2,1-2H3,(H,47,48,49)/b11-9+,12-10+/t34-,35-,38-,39?,40?,41+/m1/s1. The average Bonchev–Trinajstić information content (AvgIpc) is 3.13. The average molecular weight is 791 g/mol. The van der Waals surface area contributed by atoms with E-state index in [1.54, 1.807) is 0 Å². The zero-order valence-corrected chi connectivity index (χ0v) is 34.1. The molecule has 4 N–H and O–H groups in total. The van der Waals surface area contributed by atoms with Gasteiger partial charge in [-0.3, -0.25) is 14.1 Å². The SMILES string of the molecule is CCCC/C=C/CCCCCCCCCCCC(=O)OC[C@H](CO[C@H]1O[C@H](CS(=O)(=O)O)[C@@H](O)C(O)C1O)OC(=O)CCCCCCC/C=C/CCCC. The number of allylic oxidation sites excluding steroid dienone is 4. The van der Waals surface area contributed by atoms with Crippen molar-refractivity contribution < 1.29 is 56.8 Å². The Kier molecular flexibility index (Phi) is 29.9. The largest absolute Gasteiger partial charge is 0.462 e. The molecule has 0 aromatic heterocycles. The first kappa shape index (κ1) is 50.1. The fourth-order valence-corrected chi connectivity index (χ4v) is 6.86.